The van der Waals surface area contributed by atoms with Gasteiger partial charge in [0, 0.05) is 29.2 Å². The molecule has 2 N–H and O–H groups in total. The van der Waals surface area contributed by atoms with Crippen LogP contribution in [0.3, 0.4) is 0 Å². The van der Waals surface area contributed by atoms with Gasteiger partial charge in [-0.3, -0.25) is 0 Å². The van der Waals surface area contributed by atoms with Crippen molar-refractivity contribution in [3.8, 4) is 0 Å². The van der Waals surface area contributed by atoms with Gasteiger partial charge in [-0.1, -0.05) is 6.42 Å². The van der Waals surface area contributed by atoms with Crippen LogP contribution in [0.15, 0.2) is 12.3 Å². The third-order valence-electron chi connectivity index (χ3n) is 4.47. The minimum absolute atomic E-state index is 0.286. The summed E-state index contributed by atoms with van der Waals surface area (Å²) in [6.07, 6.45) is 12.3. The molecule has 3 unspecified atom stereocenters. The third kappa shape index (κ3) is 1.93. The molecular formula is C14H22N2S. The summed E-state index contributed by atoms with van der Waals surface area (Å²) >= 11 is 2.04. The van der Waals surface area contributed by atoms with Crippen molar-refractivity contribution in [1.82, 2.24) is 4.57 Å². The van der Waals surface area contributed by atoms with Gasteiger partial charge in [-0.25, -0.2) is 0 Å². The highest BCUT2D eigenvalue weighted by atomic mass is 32.2. The van der Waals surface area contributed by atoms with E-state index in [2.05, 4.69) is 23.1 Å². The summed E-state index contributed by atoms with van der Waals surface area (Å²) in [6.45, 7) is 0. The molecular weight excluding hydrogens is 228 g/mol. The summed E-state index contributed by atoms with van der Waals surface area (Å²) in [6, 6.07) is 3.28. The first kappa shape index (κ1) is 11.7. The van der Waals surface area contributed by atoms with Crippen molar-refractivity contribution >= 4 is 11.8 Å². The Morgan fingerprint density at radius 1 is 1.29 bits per heavy atom. The van der Waals surface area contributed by atoms with E-state index in [4.69, 9.17) is 5.73 Å². The van der Waals surface area contributed by atoms with Crippen LogP contribution in [0.25, 0.3) is 0 Å². The van der Waals surface area contributed by atoms with Crippen molar-refractivity contribution in [2.75, 3.05) is 6.26 Å². The number of fused-ring (bicyclic) bond motifs is 1. The minimum atomic E-state index is 0.286. The first-order valence-electron chi connectivity index (χ1n) is 6.79. The molecule has 2 nitrogen and oxygen atoms in total. The van der Waals surface area contributed by atoms with Gasteiger partial charge >= 0.3 is 0 Å². The lowest BCUT2D eigenvalue weighted by Gasteiger charge is -2.26. The van der Waals surface area contributed by atoms with Gasteiger partial charge in [0.05, 0.1) is 0 Å². The van der Waals surface area contributed by atoms with Crippen molar-refractivity contribution in [3.05, 3.63) is 23.5 Å². The zero-order valence-electron chi connectivity index (χ0n) is 10.6. The Morgan fingerprint density at radius 2 is 2.18 bits per heavy atom. The molecule has 3 rings (SSSR count). The van der Waals surface area contributed by atoms with Crippen molar-refractivity contribution in [2.45, 2.75) is 55.9 Å². The van der Waals surface area contributed by atoms with Crippen LogP contribution in [0.4, 0.5) is 0 Å². The molecule has 3 atom stereocenters. The summed E-state index contributed by atoms with van der Waals surface area (Å²) in [5.74, 6) is 0. The molecule has 2 aliphatic rings. The fourth-order valence-electron chi connectivity index (χ4n) is 3.56. The maximum Gasteiger partial charge on any atom is 0.0452 e. The standard InChI is InChI=1S/C14H22N2S/c1-17-14-7-3-6-13(14)16-9-8-10-11(15)4-2-5-12(10)16/h8-9,11,13-14H,2-7,15H2,1H3. The molecule has 0 aliphatic heterocycles. The van der Waals surface area contributed by atoms with Crippen molar-refractivity contribution in [2.24, 2.45) is 5.73 Å². The summed E-state index contributed by atoms with van der Waals surface area (Å²) < 4.78 is 2.56. The first-order chi connectivity index (χ1) is 8.31. The Bertz CT molecular complexity index is 399. The Morgan fingerprint density at radius 3 is 3.00 bits per heavy atom. The Labute approximate surface area is 108 Å². The number of hydrogen-bond acceptors (Lipinski definition) is 2. The molecule has 2 aliphatic carbocycles. The average Bonchev–Trinajstić information content (AvgIpc) is 2.94. The van der Waals surface area contributed by atoms with E-state index in [-0.39, 0.29) is 6.04 Å². The van der Waals surface area contributed by atoms with Gasteiger partial charge in [-0.15, -0.1) is 0 Å². The molecule has 0 aromatic carbocycles. The van der Waals surface area contributed by atoms with E-state index >= 15 is 0 Å². The molecule has 0 bridgehead atoms. The van der Waals surface area contributed by atoms with E-state index in [0.29, 0.717) is 0 Å². The SMILES string of the molecule is CSC1CCCC1n1ccc2c1CCCC2N. The van der Waals surface area contributed by atoms with Crippen LogP contribution in [-0.2, 0) is 6.42 Å². The summed E-state index contributed by atoms with van der Waals surface area (Å²) in [7, 11) is 0. The van der Waals surface area contributed by atoms with Gasteiger partial charge in [0.1, 0.15) is 0 Å². The quantitative estimate of drug-likeness (QED) is 0.873. The van der Waals surface area contributed by atoms with Crippen LogP contribution < -0.4 is 5.73 Å². The average molecular weight is 250 g/mol. The molecule has 94 valence electrons. The van der Waals surface area contributed by atoms with Crippen LogP contribution in [0, 0.1) is 0 Å². The number of aromatic nitrogens is 1. The fourth-order valence-corrected chi connectivity index (χ4v) is 4.55. The maximum atomic E-state index is 6.21. The summed E-state index contributed by atoms with van der Waals surface area (Å²) in [5, 5.41) is 0.810. The summed E-state index contributed by atoms with van der Waals surface area (Å²) in [5.41, 5.74) is 9.16. The van der Waals surface area contributed by atoms with Gasteiger partial charge in [0.2, 0.25) is 0 Å². The topological polar surface area (TPSA) is 30.9 Å². The van der Waals surface area contributed by atoms with E-state index in [0.717, 1.165) is 17.7 Å². The maximum absolute atomic E-state index is 6.21. The third-order valence-corrected chi connectivity index (χ3v) is 5.62. The molecule has 0 spiro atoms. The monoisotopic (exact) mass is 250 g/mol. The fraction of sp³-hybridized carbons (Fsp3) is 0.714. The van der Waals surface area contributed by atoms with E-state index in [1.807, 2.05) is 11.8 Å². The Hall–Kier alpha value is -0.410. The molecule has 1 fully saturated rings. The number of nitrogens with two attached hydrogens (primary N) is 1. The molecule has 0 amide bonds. The molecule has 0 saturated heterocycles. The molecule has 0 radical (unpaired) electrons. The van der Waals surface area contributed by atoms with Crippen LogP contribution >= 0.6 is 11.8 Å². The molecule has 1 saturated carbocycles. The van der Waals surface area contributed by atoms with E-state index < -0.39 is 0 Å². The van der Waals surface area contributed by atoms with Gasteiger partial charge in [-0.05, 0) is 50.0 Å². The van der Waals surface area contributed by atoms with E-state index in [1.54, 1.807) is 0 Å². The highest BCUT2D eigenvalue weighted by molar-refractivity contribution is 7.99. The largest absolute Gasteiger partial charge is 0.347 e. The second-order valence-corrected chi connectivity index (χ2v) is 6.47. The molecule has 3 heteroatoms. The lowest BCUT2D eigenvalue weighted by atomic mass is 9.93. The number of nitrogens with zero attached hydrogens (tertiary/aromatic N) is 1. The second-order valence-electron chi connectivity index (χ2n) is 5.40. The van der Waals surface area contributed by atoms with E-state index in [1.165, 1.54) is 43.4 Å². The van der Waals surface area contributed by atoms with Gasteiger partial charge in [-0.2, -0.15) is 11.8 Å². The molecule has 1 aromatic rings. The van der Waals surface area contributed by atoms with Crippen LogP contribution in [0.5, 0.6) is 0 Å². The van der Waals surface area contributed by atoms with Gasteiger partial charge in [0.15, 0.2) is 0 Å². The molecule has 17 heavy (non-hydrogen) atoms. The Kier molecular flexibility index (Phi) is 3.22. The van der Waals surface area contributed by atoms with Crippen molar-refractivity contribution < 1.29 is 0 Å². The number of rotatable bonds is 2. The lowest BCUT2D eigenvalue weighted by molar-refractivity contribution is 0.480. The van der Waals surface area contributed by atoms with Gasteiger partial charge < -0.3 is 10.3 Å². The zero-order valence-corrected chi connectivity index (χ0v) is 11.4. The van der Waals surface area contributed by atoms with Crippen LogP contribution in [-0.4, -0.2) is 16.1 Å². The van der Waals surface area contributed by atoms with Crippen LogP contribution in [0.2, 0.25) is 0 Å². The first-order valence-corrected chi connectivity index (χ1v) is 8.08. The van der Waals surface area contributed by atoms with Crippen molar-refractivity contribution in [3.63, 3.8) is 0 Å². The highest BCUT2D eigenvalue weighted by Crippen LogP contribution is 2.40. The predicted molar refractivity (Wildman–Crippen MR) is 74.5 cm³/mol. The number of hydrogen-bond donors (Lipinski definition) is 1. The number of thioether (sulfide) groups is 1. The predicted octanol–water partition coefficient (Wildman–Crippen LogP) is 3.28. The Balaban J connectivity index is 1.93. The normalized spacial score (nSPS) is 32.7. The smallest absolute Gasteiger partial charge is 0.0452 e. The molecule has 1 heterocycles. The highest BCUT2D eigenvalue weighted by Gasteiger charge is 2.31. The summed E-state index contributed by atoms with van der Waals surface area (Å²) in [4.78, 5) is 0. The zero-order chi connectivity index (χ0) is 11.8. The van der Waals surface area contributed by atoms with Crippen molar-refractivity contribution in [1.29, 1.82) is 0 Å². The molecule has 1 aromatic heterocycles. The second kappa shape index (κ2) is 4.69. The van der Waals surface area contributed by atoms with Gasteiger partial charge in [0.25, 0.3) is 0 Å². The van der Waals surface area contributed by atoms with Crippen LogP contribution in [0.1, 0.15) is 55.4 Å². The minimum Gasteiger partial charge on any atom is -0.347 e. The van der Waals surface area contributed by atoms with E-state index in [9.17, 15) is 0 Å². The lowest BCUT2D eigenvalue weighted by Crippen LogP contribution is -2.22.